The Labute approximate surface area is 148 Å². The third kappa shape index (κ3) is 5.06. The molecule has 1 N–H and O–H groups in total. The minimum absolute atomic E-state index is 0.332. The number of piperidine rings is 1. The van der Waals surface area contributed by atoms with Crippen LogP contribution in [0.3, 0.4) is 0 Å². The lowest BCUT2D eigenvalue weighted by molar-refractivity contribution is 0.140. The van der Waals surface area contributed by atoms with Gasteiger partial charge in [0.2, 0.25) is 0 Å². The molecule has 2 atom stereocenters. The van der Waals surface area contributed by atoms with E-state index in [1.54, 1.807) is 0 Å². The molecule has 25 heavy (non-hydrogen) atoms. The molecule has 1 aromatic heterocycles. The molecule has 0 bridgehead atoms. The van der Waals surface area contributed by atoms with E-state index in [9.17, 15) is 8.78 Å². The van der Waals surface area contributed by atoms with Gasteiger partial charge in [0.15, 0.2) is 0 Å². The van der Waals surface area contributed by atoms with E-state index in [1.807, 2.05) is 18.3 Å². The average Bonchev–Trinajstić information content (AvgIpc) is 2.61. The maximum atomic E-state index is 13.7. The van der Waals surface area contributed by atoms with Gasteiger partial charge in [-0.1, -0.05) is 13.0 Å². The lowest BCUT2D eigenvalue weighted by atomic mass is 9.93. The zero-order valence-corrected chi connectivity index (χ0v) is 14.6. The van der Waals surface area contributed by atoms with Crippen molar-refractivity contribution in [2.45, 2.75) is 32.4 Å². The minimum atomic E-state index is -0.382. The molecule has 134 valence electrons. The third-order valence-corrected chi connectivity index (χ3v) is 4.91. The molecule has 1 aliphatic heterocycles. The van der Waals surface area contributed by atoms with Crippen molar-refractivity contribution < 1.29 is 8.78 Å². The van der Waals surface area contributed by atoms with Crippen LogP contribution in [0.2, 0.25) is 0 Å². The number of hydrogen-bond donors (Lipinski definition) is 1. The summed E-state index contributed by atoms with van der Waals surface area (Å²) in [5, 5.41) is 3.52. The summed E-state index contributed by atoms with van der Waals surface area (Å²) in [5.41, 5.74) is 1.54. The van der Waals surface area contributed by atoms with Gasteiger partial charge in [-0.05, 0) is 61.2 Å². The van der Waals surface area contributed by atoms with Crippen LogP contribution in [0.5, 0.6) is 0 Å². The average molecular weight is 345 g/mol. The molecule has 0 radical (unpaired) electrons. The number of rotatable bonds is 6. The summed E-state index contributed by atoms with van der Waals surface area (Å²) in [6, 6.07) is 10.1. The van der Waals surface area contributed by atoms with Gasteiger partial charge in [0.25, 0.3) is 0 Å². The van der Waals surface area contributed by atoms with E-state index in [4.69, 9.17) is 0 Å². The summed E-state index contributed by atoms with van der Waals surface area (Å²) < 4.78 is 26.9. The molecular weight excluding hydrogens is 320 g/mol. The van der Waals surface area contributed by atoms with Gasteiger partial charge in [-0.25, -0.2) is 8.78 Å². The Morgan fingerprint density at radius 2 is 2.12 bits per heavy atom. The van der Waals surface area contributed by atoms with Crippen molar-refractivity contribution >= 4 is 0 Å². The van der Waals surface area contributed by atoms with E-state index in [0.717, 1.165) is 37.8 Å². The molecule has 1 saturated heterocycles. The molecule has 1 aromatic carbocycles. The van der Waals surface area contributed by atoms with E-state index in [-0.39, 0.29) is 11.6 Å². The van der Waals surface area contributed by atoms with Gasteiger partial charge in [0, 0.05) is 31.9 Å². The van der Waals surface area contributed by atoms with Gasteiger partial charge in [-0.2, -0.15) is 0 Å². The lowest BCUT2D eigenvalue weighted by Gasteiger charge is -2.37. The smallest absolute Gasteiger partial charge is 0.126 e. The van der Waals surface area contributed by atoms with Crippen molar-refractivity contribution in [2.24, 2.45) is 5.92 Å². The number of hydrogen-bond acceptors (Lipinski definition) is 3. The summed E-state index contributed by atoms with van der Waals surface area (Å²) in [6.45, 7) is 5.82. The third-order valence-electron chi connectivity index (χ3n) is 4.91. The van der Waals surface area contributed by atoms with Gasteiger partial charge >= 0.3 is 0 Å². The molecule has 5 heteroatoms. The molecule has 2 heterocycles. The first-order chi connectivity index (χ1) is 12.1. The summed E-state index contributed by atoms with van der Waals surface area (Å²) in [5.74, 6) is -0.205. The molecule has 1 aliphatic rings. The first-order valence-electron chi connectivity index (χ1n) is 8.91. The fourth-order valence-electron chi connectivity index (χ4n) is 3.53. The number of halogens is 2. The first-order valence-corrected chi connectivity index (χ1v) is 8.91. The van der Waals surface area contributed by atoms with Gasteiger partial charge in [0.05, 0.1) is 5.69 Å². The Morgan fingerprint density at radius 3 is 2.88 bits per heavy atom. The van der Waals surface area contributed by atoms with Gasteiger partial charge < -0.3 is 5.32 Å². The molecule has 0 saturated carbocycles. The van der Waals surface area contributed by atoms with Gasteiger partial charge in [0.1, 0.15) is 11.6 Å². The SMILES string of the molecule is C[C@@H]1CN(Cc2ccccn2)CC[C@H]1NCCc1cc(F)ccc1F. The van der Waals surface area contributed by atoms with E-state index >= 15 is 0 Å². The molecule has 3 nitrogen and oxygen atoms in total. The highest BCUT2D eigenvalue weighted by Gasteiger charge is 2.25. The predicted molar refractivity (Wildman–Crippen MR) is 95.1 cm³/mol. The predicted octanol–water partition coefficient (Wildman–Crippen LogP) is 3.40. The van der Waals surface area contributed by atoms with Crippen LogP contribution in [0.15, 0.2) is 42.6 Å². The Balaban J connectivity index is 1.45. The maximum absolute atomic E-state index is 13.7. The van der Waals surface area contributed by atoms with Crippen LogP contribution in [0.25, 0.3) is 0 Å². The fourth-order valence-corrected chi connectivity index (χ4v) is 3.53. The van der Waals surface area contributed by atoms with Crippen molar-refractivity contribution in [3.8, 4) is 0 Å². The topological polar surface area (TPSA) is 28.2 Å². The molecule has 1 fully saturated rings. The largest absolute Gasteiger partial charge is 0.313 e. The first kappa shape index (κ1) is 18.0. The number of likely N-dealkylation sites (tertiary alicyclic amines) is 1. The second-order valence-electron chi connectivity index (χ2n) is 6.87. The van der Waals surface area contributed by atoms with Crippen LogP contribution in [0, 0.1) is 17.6 Å². The molecule has 0 spiro atoms. The minimum Gasteiger partial charge on any atom is -0.313 e. The quantitative estimate of drug-likeness (QED) is 0.870. The van der Waals surface area contributed by atoms with Crippen molar-refractivity contribution in [3.05, 3.63) is 65.5 Å². The molecule has 3 rings (SSSR count). The summed E-state index contributed by atoms with van der Waals surface area (Å²) in [6.07, 6.45) is 3.39. The number of aromatic nitrogens is 1. The van der Waals surface area contributed by atoms with Crippen molar-refractivity contribution in [2.75, 3.05) is 19.6 Å². The highest BCUT2D eigenvalue weighted by atomic mass is 19.1. The van der Waals surface area contributed by atoms with E-state index < -0.39 is 0 Å². The van der Waals surface area contributed by atoms with Crippen LogP contribution in [0.4, 0.5) is 8.78 Å². The van der Waals surface area contributed by atoms with Crippen molar-refractivity contribution in [1.29, 1.82) is 0 Å². The summed E-state index contributed by atoms with van der Waals surface area (Å²) in [7, 11) is 0. The van der Waals surface area contributed by atoms with Crippen LogP contribution in [-0.2, 0) is 13.0 Å². The second-order valence-corrected chi connectivity index (χ2v) is 6.87. The van der Waals surface area contributed by atoms with Crippen molar-refractivity contribution in [1.82, 2.24) is 15.2 Å². The van der Waals surface area contributed by atoms with Gasteiger partial charge in [-0.15, -0.1) is 0 Å². The monoisotopic (exact) mass is 345 g/mol. The Bertz CT molecular complexity index is 678. The molecule has 0 unspecified atom stereocenters. The van der Waals surface area contributed by atoms with Crippen LogP contribution in [0.1, 0.15) is 24.6 Å². The van der Waals surface area contributed by atoms with Gasteiger partial charge in [-0.3, -0.25) is 9.88 Å². The Kier molecular flexibility index (Phi) is 6.10. The molecule has 0 aliphatic carbocycles. The van der Waals surface area contributed by atoms with Crippen LogP contribution in [-0.4, -0.2) is 35.6 Å². The summed E-state index contributed by atoms with van der Waals surface area (Å²) in [4.78, 5) is 6.82. The Morgan fingerprint density at radius 1 is 1.24 bits per heavy atom. The van der Waals surface area contributed by atoms with Crippen LogP contribution >= 0.6 is 0 Å². The standard InChI is InChI=1S/C20H25F2N3/c1-15-13-25(14-18-4-2-3-9-23-18)11-8-20(15)24-10-7-16-12-17(21)5-6-19(16)22/h2-6,9,12,15,20,24H,7-8,10-11,13-14H2,1H3/t15-,20-/m1/s1. The molecular formula is C20H25F2N3. The number of benzene rings is 1. The number of pyridine rings is 1. The van der Waals surface area contributed by atoms with E-state index in [0.29, 0.717) is 30.5 Å². The summed E-state index contributed by atoms with van der Waals surface area (Å²) >= 11 is 0. The van der Waals surface area contributed by atoms with Crippen LogP contribution < -0.4 is 5.32 Å². The zero-order valence-electron chi connectivity index (χ0n) is 14.6. The Hall–Kier alpha value is -1.85. The lowest BCUT2D eigenvalue weighted by Crippen LogP contribution is -2.48. The highest BCUT2D eigenvalue weighted by molar-refractivity contribution is 5.19. The normalized spacial score (nSPS) is 21.4. The molecule has 2 aromatic rings. The number of nitrogens with zero attached hydrogens (tertiary/aromatic N) is 2. The second kappa shape index (κ2) is 8.50. The number of nitrogens with one attached hydrogen (secondary N) is 1. The fraction of sp³-hybridized carbons (Fsp3) is 0.450. The maximum Gasteiger partial charge on any atom is 0.126 e. The van der Waals surface area contributed by atoms with E-state index in [1.165, 1.54) is 12.1 Å². The zero-order chi connectivity index (χ0) is 17.6. The van der Waals surface area contributed by atoms with E-state index in [2.05, 4.69) is 28.2 Å². The van der Waals surface area contributed by atoms with Crippen molar-refractivity contribution in [3.63, 3.8) is 0 Å². The highest BCUT2D eigenvalue weighted by Crippen LogP contribution is 2.19. The molecule has 0 amide bonds.